The Morgan fingerprint density at radius 2 is 1.79 bits per heavy atom. The summed E-state index contributed by atoms with van der Waals surface area (Å²) in [5.74, 6) is 0.407. The molecule has 3 heteroatoms. The Labute approximate surface area is 114 Å². The highest BCUT2D eigenvalue weighted by molar-refractivity contribution is 6.70. The normalized spacial score (nSPS) is 10.3. The molecule has 98 valence electrons. The van der Waals surface area contributed by atoms with Gasteiger partial charge in [0, 0.05) is 12.5 Å². The minimum Gasteiger partial charge on any atom is -0.493 e. The SMILES string of the molecule is CB(C)c1ccc(OCCc2ccccc2)cc1F. The van der Waals surface area contributed by atoms with Crippen LogP contribution in [0.5, 0.6) is 5.75 Å². The average Bonchev–Trinajstić information content (AvgIpc) is 2.39. The van der Waals surface area contributed by atoms with Gasteiger partial charge in [0.15, 0.2) is 6.71 Å². The molecule has 0 atom stereocenters. The topological polar surface area (TPSA) is 9.23 Å². The van der Waals surface area contributed by atoms with Gasteiger partial charge in [0.1, 0.15) is 11.6 Å². The number of ether oxygens (including phenoxy) is 1. The highest BCUT2D eigenvalue weighted by Gasteiger charge is 2.10. The van der Waals surface area contributed by atoms with Crippen LogP contribution < -0.4 is 10.2 Å². The lowest BCUT2D eigenvalue weighted by atomic mass is 9.49. The van der Waals surface area contributed by atoms with E-state index in [1.165, 1.54) is 11.6 Å². The third kappa shape index (κ3) is 3.85. The van der Waals surface area contributed by atoms with Crippen molar-refractivity contribution in [1.82, 2.24) is 0 Å². The van der Waals surface area contributed by atoms with E-state index in [9.17, 15) is 4.39 Å². The summed E-state index contributed by atoms with van der Waals surface area (Å²) in [5, 5.41) is 0. The van der Waals surface area contributed by atoms with Crippen LogP contribution in [0.25, 0.3) is 0 Å². The van der Waals surface area contributed by atoms with Gasteiger partial charge in [-0.1, -0.05) is 50.0 Å². The molecule has 0 aliphatic rings. The van der Waals surface area contributed by atoms with Crippen LogP contribution in [0, 0.1) is 5.82 Å². The van der Waals surface area contributed by atoms with E-state index < -0.39 is 0 Å². The first kappa shape index (κ1) is 13.7. The maximum absolute atomic E-state index is 13.8. The van der Waals surface area contributed by atoms with Gasteiger partial charge in [0.2, 0.25) is 0 Å². The van der Waals surface area contributed by atoms with Crippen molar-refractivity contribution in [2.45, 2.75) is 20.1 Å². The van der Waals surface area contributed by atoms with Gasteiger partial charge in [-0.25, -0.2) is 4.39 Å². The maximum atomic E-state index is 13.8. The second kappa shape index (κ2) is 6.42. The van der Waals surface area contributed by atoms with Crippen LogP contribution in [0.4, 0.5) is 4.39 Å². The van der Waals surface area contributed by atoms with E-state index in [4.69, 9.17) is 4.74 Å². The molecule has 19 heavy (non-hydrogen) atoms. The number of halogens is 1. The summed E-state index contributed by atoms with van der Waals surface area (Å²) < 4.78 is 19.4. The summed E-state index contributed by atoms with van der Waals surface area (Å²) >= 11 is 0. The second-order valence-corrected chi connectivity index (χ2v) is 4.92. The van der Waals surface area contributed by atoms with Crippen LogP contribution in [0.1, 0.15) is 5.56 Å². The number of hydrogen-bond acceptors (Lipinski definition) is 1. The van der Waals surface area contributed by atoms with Crippen molar-refractivity contribution < 1.29 is 9.13 Å². The highest BCUT2D eigenvalue weighted by atomic mass is 19.1. The first-order chi connectivity index (χ1) is 9.16. The molecule has 0 saturated heterocycles. The minimum atomic E-state index is -0.188. The molecular formula is C16H18BFO. The zero-order valence-corrected chi connectivity index (χ0v) is 11.4. The third-order valence-electron chi connectivity index (χ3n) is 3.10. The molecule has 0 aliphatic carbocycles. The van der Waals surface area contributed by atoms with Crippen molar-refractivity contribution in [2.75, 3.05) is 6.61 Å². The Balaban J connectivity index is 1.92. The minimum absolute atomic E-state index is 0.188. The molecule has 0 amide bonds. The quantitative estimate of drug-likeness (QED) is 0.745. The van der Waals surface area contributed by atoms with Gasteiger partial charge in [0.05, 0.1) is 6.61 Å². The molecule has 0 bridgehead atoms. The summed E-state index contributed by atoms with van der Waals surface area (Å²) in [7, 11) is 0. The van der Waals surface area contributed by atoms with E-state index in [1.54, 1.807) is 6.07 Å². The Morgan fingerprint density at radius 3 is 2.42 bits per heavy atom. The van der Waals surface area contributed by atoms with Crippen molar-refractivity contribution >= 4 is 12.2 Å². The van der Waals surface area contributed by atoms with Crippen molar-refractivity contribution in [3.63, 3.8) is 0 Å². The van der Waals surface area contributed by atoms with Crippen LogP contribution in [0.15, 0.2) is 48.5 Å². The molecular weight excluding hydrogens is 238 g/mol. The van der Waals surface area contributed by atoms with Gasteiger partial charge in [0.25, 0.3) is 0 Å². The summed E-state index contributed by atoms with van der Waals surface area (Å²) in [6.45, 7) is 4.71. The van der Waals surface area contributed by atoms with Gasteiger partial charge in [-0.05, 0) is 17.1 Å². The first-order valence-corrected chi connectivity index (χ1v) is 6.63. The molecule has 2 aromatic rings. The lowest BCUT2D eigenvalue weighted by molar-refractivity contribution is 0.320. The maximum Gasteiger partial charge on any atom is 0.173 e. The van der Waals surface area contributed by atoms with E-state index in [-0.39, 0.29) is 12.5 Å². The van der Waals surface area contributed by atoms with Crippen molar-refractivity contribution in [2.24, 2.45) is 0 Å². The number of hydrogen-bond donors (Lipinski definition) is 0. The highest BCUT2D eigenvalue weighted by Crippen LogP contribution is 2.12. The van der Waals surface area contributed by atoms with Crippen LogP contribution in [-0.2, 0) is 6.42 Å². The largest absolute Gasteiger partial charge is 0.493 e. The zero-order valence-electron chi connectivity index (χ0n) is 11.4. The standard InChI is InChI=1S/C16H18BFO/c1-17(2)15-9-8-14(12-16(15)18)19-11-10-13-6-4-3-5-7-13/h3-9,12H,10-11H2,1-2H3. The van der Waals surface area contributed by atoms with E-state index in [2.05, 4.69) is 12.1 Å². The molecule has 0 aliphatic heterocycles. The van der Waals surface area contributed by atoms with Crippen LogP contribution in [-0.4, -0.2) is 13.3 Å². The summed E-state index contributed by atoms with van der Waals surface area (Å²) in [5.41, 5.74) is 1.96. The lowest BCUT2D eigenvalue weighted by Gasteiger charge is -2.09. The fraction of sp³-hybridized carbons (Fsp3) is 0.250. The summed E-state index contributed by atoms with van der Waals surface area (Å²) in [6.07, 6.45) is 0.828. The van der Waals surface area contributed by atoms with E-state index in [0.29, 0.717) is 12.4 Å². The fourth-order valence-electron chi connectivity index (χ4n) is 2.00. The third-order valence-corrected chi connectivity index (χ3v) is 3.10. The van der Waals surface area contributed by atoms with E-state index >= 15 is 0 Å². The van der Waals surface area contributed by atoms with Crippen LogP contribution >= 0.6 is 0 Å². The van der Waals surface area contributed by atoms with Gasteiger partial charge in [-0.2, -0.15) is 0 Å². The Kier molecular flexibility index (Phi) is 4.61. The van der Waals surface area contributed by atoms with Crippen molar-refractivity contribution in [3.05, 3.63) is 59.9 Å². The number of benzene rings is 2. The van der Waals surface area contributed by atoms with E-state index in [1.807, 2.05) is 37.9 Å². The molecule has 0 fully saturated rings. The molecule has 0 radical (unpaired) electrons. The molecule has 2 aromatic carbocycles. The predicted molar refractivity (Wildman–Crippen MR) is 79.2 cm³/mol. The smallest absolute Gasteiger partial charge is 0.173 e. The molecule has 2 rings (SSSR count). The van der Waals surface area contributed by atoms with Crippen LogP contribution in [0.2, 0.25) is 13.6 Å². The lowest BCUT2D eigenvalue weighted by Crippen LogP contribution is -2.25. The van der Waals surface area contributed by atoms with Gasteiger partial charge >= 0.3 is 0 Å². The molecule has 0 saturated carbocycles. The van der Waals surface area contributed by atoms with Crippen molar-refractivity contribution in [3.8, 4) is 5.75 Å². The molecule has 0 aromatic heterocycles. The summed E-state index contributed by atoms with van der Waals surface area (Å²) in [6, 6.07) is 15.2. The Hall–Kier alpha value is -1.77. The van der Waals surface area contributed by atoms with E-state index in [0.717, 1.165) is 11.9 Å². The molecule has 0 heterocycles. The van der Waals surface area contributed by atoms with Crippen LogP contribution in [0.3, 0.4) is 0 Å². The second-order valence-electron chi connectivity index (χ2n) is 4.92. The fourth-order valence-corrected chi connectivity index (χ4v) is 2.00. The predicted octanol–water partition coefficient (Wildman–Crippen LogP) is 3.41. The molecule has 0 unspecified atom stereocenters. The van der Waals surface area contributed by atoms with Gasteiger partial charge < -0.3 is 4.74 Å². The molecule has 0 N–H and O–H groups in total. The molecule has 0 spiro atoms. The zero-order chi connectivity index (χ0) is 13.7. The molecule has 1 nitrogen and oxygen atoms in total. The first-order valence-electron chi connectivity index (χ1n) is 6.63. The average molecular weight is 256 g/mol. The van der Waals surface area contributed by atoms with Gasteiger partial charge in [-0.3, -0.25) is 0 Å². The van der Waals surface area contributed by atoms with Crippen molar-refractivity contribution in [1.29, 1.82) is 0 Å². The van der Waals surface area contributed by atoms with Gasteiger partial charge in [-0.15, -0.1) is 0 Å². The monoisotopic (exact) mass is 256 g/mol. The Bertz CT molecular complexity index is 526. The Morgan fingerprint density at radius 1 is 1.05 bits per heavy atom. The number of rotatable bonds is 5. The summed E-state index contributed by atoms with van der Waals surface area (Å²) in [4.78, 5) is 0.